The van der Waals surface area contributed by atoms with Gasteiger partial charge in [0, 0.05) is 38.3 Å². The molecule has 0 spiro atoms. The largest absolute Gasteiger partial charge is 0.378 e. The lowest BCUT2D eigenvalue weighted by atomic mass is 9.95. The number of nitrogens with one attached hydrogen (secondary N) is 1. The third-order valence-electron chi connectivity index (χ3n) is 4.56. The van der Waals surface area contributed by atoms with Crippen LogP contribution in [0.3, 0.4) is 0 Å². The van der Waals surface area contributed by atoms with Crippen LogP contribution in [0.25, 0.3) is 0 Å². The Labute approximate surface area is 155 Å². The van der Waals surface area contributed by atoms with E-state index in [4.69, 9.17) is 14.5 Å². The fraction of sp³-hybridized carbons (Fsp3) is 0.632. The molecule has 26 heavy (non-hydrogen) atoms. The third-order valence-corrected chi connectivity index (χ3v) is 4.56. The van der Waals surface area contributed by atoms with Crippen LogP contribution in [0.5, 0.6) is 0 Å². The number of imidazole rings is 1. The fourth-order valence-corrected chi connectivity index (χ4v) is 3.15. The van der Waals surface area contributed by atoms with Gasteiger partial charge >= 0.3 is 0 Å². The predicted molar refractivity (Wildman–Crippen MR) is 100.0 cm³/mol. The maximum atomic E-state index is 5.96. The quantitative estimate of drug-likeness (QED) is 0.885. The van der Waals surface area contributed by atoms with E-state index in [1.807, 2.05) is 30.2 Å². The zero-order valence-corrected chi connectivity index (χ0v) is 16.3. The van der Waals surface area contributed by atoms with Gasteiger partial charge in [-0.25, -0.2) is 15.0 Å². The summed E-state index contributed by atoms with van der Waals surface area (Å²) in [7, 11) is 3.68. The molecule has 1 aliphatic heterocycles. The normalized spacial score (nSPS) is 21.0. The first kappa shape index (κ1) is 18.8. The number of rotatable bonds is 5. The van der Waals surface area contributed by atoms with Crippen molar-refractivity contribution in [3.8, 4) is 0 Å². The van der Waals surface area contributed by atoms with Gasteiger partial charge in [0.05, 0.1) is 30.5 Å². The fourth-order valence-electron chi connectivity index (χ4n) is 3.15. The van der Waals surface area contributed by atoms with Crippen LogP contribution in [0.4, 0.5) is 5.82 Å². The van der Waals surface area contributed by atoms with Crippen molar-refractivity contribution >= 4 is 5.82 Å². The summed E-state index contributed by atoms with van der Waals surface area (Å²) in [6.45, 7) is 7.56. The second kappa shape index (κ2) is 7.72. The minimum absolute atomic E-state index is 0.0520. The summed E-state index contributed by atoms with van der Waals surface area (Å²) in [5, 5.41) is 3.59. The Balaban J connectivity index is 1.77. The second-order valence-electron chi connectivity index (χ2n) is 7.91. The molecule has 1 saturated heterocycles. The minimum Gasteiger partial charge on any atom is -0.378 e. The zero-order valence-electron chi connectivity index (χ0n) is 16.3. The number of ether oxygens (including phenoxy) is 2. The summed E-state index contributed by atoms with van der Waals surface area (Å²) >= 11 is 0. The highest BCUT2D eigenvalue weighted by Gasteiger charge is 2.27. The molecular weight excluding hydrogens is 330 g/mol. The maximum absolute atomic E-state index is 5.96. The van der Waals surface area contributed by atoms with Gasteiger partial charge in [0.2, 0.25) is 0 Å². The standard InChI is InChI=1S/C19H29N5O2/c1-19(2,3)18-22-14(11-25-5)9-17(23-18)21-13-6-7-26-16(8-13)15-10-20-12-24(15)4/h9-10,12-13,16H,6-8,11H2,1-5H3,(H,21,22,23)/t13-,16-/m0/s1. The average molecular weight is 359 g/mol. The third kappa shape index (κ3) is 4.40. The molecule has 2 atom stereocenters. The van der Waals surface area contributed by atoms with Crippen molar-refractivity contribution in [2.45, 2.75) is 57.8 Å². The highest BCUT2D eigenvalue weighted by Crippen LogP contribution is 2.29. The molecule has 2 aromatic rings. The van der Waals surface area contributed by atoms with Crippen LogP contribution in [0.2, 0.25) is 0 Å². The van der Waals surface area contributed by atoms with Crippen LogP contribution < -0.4 is 5.32 Å². The van der Waals surface area contributed by atoms with Crippen molar-refractivity contribution in [1.82, 2.24) is 19.5 Å². The molecule has 3 rings (SSSR count). The Morgan fingerprint density at radius 1 is 1.35 bits per heavy atom. The summed E-state index contributed by atoms with van der Waals surface area (Å²) in [4.78, 5) is 13.6. The predicted octanol–water partition coefficient (Wildman–Crippen LogP) is 2.99. The first-order valence-corrected chi connectivity index (χ1v) is 9.08. The second-order valence-corrected chi connectivity index (χ2v) is 7.91. The van der Waals surface area contributed by atoms with Crippen LogP contribution in [0.15, 0.2) is 18.6 Å². The van der Waals surface area contributed by atoms with Gasteiger partial charge in [-0.1, -0.05) is 20.8 Å². The van der Waals surface area contributed by atoms with E-state index in [1.54, 1.807) is 7.11 Å². The molecule has 0 saturated carbocycles. The first-order valence-electron chi connectivity index (χ1n) is 9.08. The smallest absolute Gasteiger partial charge is 0.136 e. The monoisotopic (exact) mass is 359 g/mol. The molecular formula is C19H29N5O2. The lowest BCUT2D eigenvalue weighted by Gasteiger charge is -2.31. The number of nitrogens with zero attached hydrogens (tertiary/aromatic N) is 4. The number of hydrogen-bond donors (Lipinski definition) is 1. The number of anilines is 1. The van der Waals surface area contributed by atoms with E-state index >= 15 is 0 Å². The summed E-state index contributed by atoms with van der Waals surface area (Å²) < 4.78 is 13.2. The lowest BCUT2D eigenvalue weighted by molar-refractivity contribution is 0.00553. The van der Waals surface area contributed by atoms with Crippen LogP contribution in [-0.4, -0.2) is 39.3 Å². The van der Waals surface area contributed by atoms with Crippen molar-refractivity contribution in [2.24, 2.45) is 7.05 Å². The van der Waals surface area contributed by atoms with Crippen LogP contribution in [0.1, 0.15) is 56.9 Å². The topological polar surface area (TPSA) is 74.1 Å². The van der Waals surface area contributed by atoms with Crippen LogP contribution >= 0.6 is 0 Å². The zero-order chi connectivity index (χ0) is 18.7. The van der Waals surface area contributed by atoms with Crippen molar-refractivity contribution in [2.75, 3.05) is 19.0 Å². The van der Waals surface area contributed by atoms with Crippen LogP contribution in [-0.2, 0) is 28.5 Å². The van der Waals surface area contributed by atoms with Gasteiger partial charge in [0.1, 0.15) is 17.7 Å². The number of aromatic nitrogens is 4. The molecule has 1 aliphatic rings. The Morgan fingerprint density at radius 3 is 2.81 bits per heavy atom. The Kier molecular flexibility index (Phi) is 5.58. The van der Waals surface area contributed by atoms with Crippen LogP contribution in [0, 0.1) is 0 Å². The molecule has 0 aliphatic carbocycles. The van der Waals surface area contributed by atoms with Gasteiger partial charge in [-0.05, 0) is 12.8 Å². The highest BCUT2D eigenvalue weighted by molar-refractivity contribution is 5.38. The Bertz CT molecular complexity index is 738. The molecule has 142 valence electrons. The molecule has 7 nitrogen and oxygen atoms in total. The van der Waals surface area contributed by atoms with Gasteiger partial charge in [-0.2, -0.15) is 0 Å². The van der Waals surface area contributed by atoms with Crippen molar-refractivity contribution < 1.29 is 9.47 Å². The molecule has 3 heterocycles. The molecule has 2 aromatic heterocycles. The van der Waals surface area contributed by atoms with Gasteiger partial charge in [-0.3, -0.25) is 0 Å². The van der Waals surface area contributed by atoms with Gasteiger partial charge in [-0.15, -0.1) is 0 Å². The molecule has 0 bridgehead atoms. The summed E-state index contributed by atoms with van der Waals surface area (Å²) in [6.07, 6.45) is 5.58. The number of aryl methyl sites for hydroxylation is 1. The molecule has 0 amide bonds. The van der Waals surface area contributed by atoms with E-state index in [0.29, 0.717) is 12.6 Å². The SMILES string of the molecule is COCc1cc(N[C@H]2CCO[C@H](c3cncn3C)C2)nc(C(C)(C)C)n1. The summed E-state index contributed by atoms with van der Waals surface area (Å²) in [6, 6.07) is 2.27. The molecule has 7 heteroatoms. The minimum atomic E-state index is -0.118. The Hall–Kier alpha value is -1.99. The summed E-state index contributed by atoms with van der Waals surface area (Å²) in [5.74, 6) is 1.68. The molecule has 0 aromatic carbocycles. The van der Waals surface area contributed by atoms with E-state index < -0.39 is 0 Å². The van der Waals surface area contributed by atoms with E-state index in [0.717, 1.165) is 42.5 Å². The number of methoxy groups -OCH3 is 1. The average Bonchev–Trinajstić information content (AvgIpc) is 3.00. The number of hydrogen-bond acceptors (Lipinski definition) is 6. The van der Waals surface area contributed by atoms with E-state index in [9.17, 15) is 0 Å². The molecule has 1 fully saturated rings. The lowest BCUT2D eigenvalue weighted by Crippen LogP contribution is -2.31. The van der Waals surface area contributed by atoms with Gasteiger partial charge < -0.3 is 19.4 Å². The summed E-state index contributed by atoms with van der Waals surface area (Å²) in [5.41, 5.74) is 1.88. The first-order chi connectivity index (χ1) is 12.4. The van der Waals surface area contributed by atoms with Gasteiger partial charge in [0.25, 0.3) is 0 Å². The van der Waals surface area contributed by atoms with Crippen molar-refractivity contribution in [3.63, 3.8) is 0 Å². The van der Waals surface area contributed by atoms with Gasteiger partial charge in [0.15, 0.2) is 0 Å². The van der Waals surface area contributed by atoms with Crippen molar-refractivity contribution in [3.05, 3.63) is 35.8 Å². The maximum Gasteiger partial charge on any atom is 0.136 e. The van der Waals surface area contributed by atoms with E-state index in [1.165, 1.54) is 0 Å². The van der Waals surface area contributed by atoms with Crippen molar-refractivity contribution in [1.29, 1.82) is 0 Å². The highest BCUT2D eigenvalue weighted by atomic mass is 16.5. The Morgan fingerprint density at radius 2 is 2.15 bits per heavy atom. The molecule has 1 N–H and O–H groups in total. The molecule has 0 unspecified atom stereocenters. The van der Waals surface area contributed by atoms with E-state index in [-0.39, 0.29) is 11.5 Å². The molecule has 0 radical (unpaired) electrons. The van der Waals surface area contributed by atoms with E-state index in [2.05, 4.69) is 36.1 Å².